The lowest BCUT2D eigenvalue weighted by Crippen LogP contribution is -2.43. The van der Waals surface area contributed by atoms with Crippen molar-refractivity contribution in [2.75, 3.05) is 0 Å². The van der Waals surface area contributed by atoms with Gasteiger partial charge < -0.3 is 5.32 Å². The molecular weight excluding hydrogens is 188 g/mol. The van der Waals surface area contributed by atoms with Gasteiger partial charge in [0.15, 0.2) is 0 Å². The first kappa shape index (κ1) is 13.7. The van der Waals surface area contributed by atoms with Crippen molar-refractivity contribution in [3.63, 3.8) is 0 Å². The summed E-state index contributed by atoms with van der Waals surface area (Å²) in [6.45, 7) is 11.3. The topological polar surface area (TPSA) is 52.9 Å². The molecule has 0 heterocycles. The van der Waals surface area contributed by atoms with Crippen molar-refractivity contribution in [2.24, 2.45) is 5.41 Å². The van der Waals surface area contributed by atoms with Crippen molar-refractivity contribution in [1.82, 2.24) is 5.32 Å². The Hall–Kier alpha value is -1.30. The fourth-order valence-electron chi connectivity index (χ4n) is 0.967. The normalized spacial score (nSPS) is 12.7. The number of nitrogens with zero attached hydrogens (tertiary/aromatic N) is 1. The molecule has 15 heavy (non-hydrogen) atoms. The third-order valence-electron chi connectivity index (χ3n) is 2.80. The minimum absolute atomic E-state index is 0.0545. The lowest BCUT2D eigenvalue weighted by molar-refractivity contribution is -0.128. The van der Waals surface area contributed by atoms with Crippen LogP contribution < -0.4 is 5.32 Å². The number of rotatable bonds is 5. The Morgan fingerprint density at radius 1 is 1.60 bits per heavy atom. The first-order chi connectivity index (χ1) is 6.86. The lowest BCUT2D eigenvalue weighted by atomic mass is 9.85. The fraction of sp³-hybridized carbons (Fsp3) is 0.667. The predicted molar refractivity (Wildman–Crippen MR) is 61.0 cm³/mol. The Bertz CT molecular complexity index is 286. The average molecular weight is 208 g/mol. The van der Waals surface area contributed by atoms with Crippen molar-refractivity contribution in [3.8, 4) is 6.07 Å². The van der Waals surface area contributed by atoms with Crippen molar-refractivity contribution in [2.45, 2.75) is 46.6 Å². The number of nitrogens with one attached hydrogen (secondary N) is 1. The molecule has 0 rings (SSSR count). The van der Waals surface area contributed by atoms with E-state index in [0.29, 0.717) is 6.42 Å². The number of hydrogen-bond acceptors (Lipinski definition) is 2. The molecule has 3 heteroatoms. The average Bonchev–Trinajstić information content (AvgIpc) is 2.16. The van der Waals surface area contributed by atoms with Gasteiger partial charge in [0.05, 0.1) is 17.9 Å². The van der Waals surface area contributed by atoms with Gasteiger partial charge in [0, 0.05) is 6.04 Å². The highest BCUT2D eigenvalue weighted by Gasteiger charge is 2.29. The van der Waals surface area contributed by atoms with E-state index in [1.54, 1.807) is 0 Å². The van der Waals surface area contributed by atoms with Crippen LogP contribution in [-0.2, 0) is 4.79 Å². The van der Waals surface area contributed by atoms with Crippen LogP contribution in [0, 0.1) is 16.7 Å². The van der Waals surface area contributed by atoms with Crippen LogP contribution in [0.3, 0.4) is 0 Å². The molecule has 0 saturated carbocycles. The van der Waals surface area contributed by atoms with Crippen LogP contribution in [0.5, 0.6) is 0 Å². The molecule has 0 aromatic carbocycles. The van der Waals surface area contributed by atoms with Crippen molar-refractivity contribution in [1.29, 1.82) is 5.26 Å². The molecule has 0 aliphatic heterocycles. The van der Waals surface area contributed by atoms with Gasteiger partial charge in [-0.25, -0.2) is 0 Å². The molecule has 1 amide bonds. The van der Waals surface area contributed by atoms with Gasteiger partial charge in [0.2, 0.25) is 5.91 Å². The number of hydrogen-bond donors (Lipinski definition) is 1. The molecule has 0 aromatic heterocycles. The van der Waals surface area contributed by atoms with Crippen LogP contribution in [0.2, 0.25) is 0 Å². The molecule has 1 N–H and O–H groups in total. The summed E-state index contributed by atoms with van der Waals surface area (Å²) in [6, 6.07) is 2.01. The summed E-state index contributed by atoms with van der Waals surface area (Å²) in [5.74, 6) is -0.0582. The summed E-state index contributed by atoms with van der Waals surface area (Å²) in [5.41, 5.74) is 0.259. The standard InChI is InChI=1S/C12H20N2O/c1-6-10(7-8-13)14-11(15)12(4,5)9(2)3/h10H,2,6-7H2,1,3-5H3,(H,14,15)/t10-/m1/s1. The molecular formula is C12H20N2O. The molecule has 0 fully saturated rings. The minimum atomic E-state index is -0.567. The zero-order chi connectivity index (χ0) is 12.1. The van der Waals surface area contributed by atoms with E-state index in [1.807, 2.05) is 27.7 Å². The molecule has 3 nitrogen and oxygen atoms in total. The van der Waals surface area contributed by atoms with Gasteiger partial charge in [-0.1, -0.05) is 19.1 Å². The van der Waals surface area contributed by atoms with Crippen LogP contribution in [0.15, 0.2) is 12.2 Å². The second-order valence-corrected chi connectivity index (χ2v) is 4.35. The van der Waals surface area contributed by atoms with Gasteiger partial charge in [-0.15, -0.1) is 0 Å². The van der Waals surface area contributed by atoms with Gasteiger partial charge >= 0.3 is 0 Å². The van der Waals surface area contributed by atoms with Crippen molar-refractivity contribution in [3.05, 3.63) is 12.2 Å². The van der Waals surface area contributed by atoms with Crippen molar-refractivity contribution < 1.29 is 4.79 Å². The number of carbonyl (C=O) groups is 1. The summed E-state index contributed by atoms with van der Waals surface area (Å²) in [7, 11) is 0. The maximum Gasteiger partial charge on any atom is 0.229 e. The van der Waals surface area contributed by atoms with E-state index < -0.39 is 5.41 Å². The molecule has 0 bridgehead atoms. The quantitative estimate of drug-likeness (QED) is 0.705. The van der Waals surface area contributed by atoms with E-state index in [-0.39, 0.29) is 11.9 Å². The smallest absolute Gasteiger partial charge is 0.229 e. The van der Waals surface area contributed by atoms with E-state index in [1.165, 1.54) is 0 Å². The first-order valence-electron chi connectivity index (χ1n) is 5.20. The Balaban J connectivity index is 4.48. The molecule has 0 aromatic rings. The number of nitriles is 1. The van der Waals surface area contributed by atoms with Crippen LogP contribution in [0.25, 0.3) is 0 Å². The van der Waals surface area contributed by atoms with E-state index in [9.17, 15) is 4.79 Å². The monoisotopic (exact) mass is 208 g/mol. The summed E-state index contributed by atoms with van der Waals surface area (Å²) in [5, 5.41) is 11.4. The SMILES string of the molecule is C=C(C)C(C)(C)C(=O)N[C@H](CC)CC#N. The van der Waals surface area contributed by atoms with Crippen LogP contribution in [0.4, 0.5) is 0 Å². The number of carbonyl (C=O) groups excluding carboxylic acids is 1. The zero-order valence-corrected chi connectivity index (χ0v) is 10.1. The highest BCUT2D eigenvalue weighted by Crippen LogP contribution is 2.24. The maximum atomic E-state index is 11.9. The second-order valence-electron chi connectivity index (χ2n) is 4.35. The molecule has 84 valence electrons. The van der Waals surface area contributed by atoms with Gasteiger partial charge in [0.1, 0.15) is 0 Å². The van der Waals surface area contributed by atoms with Gasteiger partial charge in [-0.2, -0.15) is 5.26 Å². The molecule has 0 aliphatic rings. The molecule has 0 unspecified atom stereocenters. The van der Waals surface area contributed by atoms with Crippen LogP contribution in [-0.4, -0.2) is 11.9 Å². The molecule has 0 aliphatic carbocycles. The highest BCUT2D eigenvalue weighted by molar-refractivity contribution is 5.84. The third kappa shape index (κ3) is 3.75. The fourth-order valence-corrected chi connectivity index (χ4v) is 0.967. The van der Waals surface area contributed by atoms with Crippen LogP contribution >= 0.6 is 0 Å². The summed E-state index contributed by atoms with van der Waals surface area (Å²) < 4.78 is 0. The van der Waals surface area contributed by atoms with E-state index in [2.05, 4.69) is 18.0 Å². The van der Waals surface area contributed by atoms with Gasteiger partial charge in [-0.05, 0) is 27.2 Å². The van der Waals surface area contributed by atoms with Crippen LogP contribution in [0.1, 0.15) is 40.5 Å². The van der Waals surface area contributed by atoms with E-state index in [4.69, 9.17) is 5.26 Å². The summed E-state index contributed by atoms with van der Waals surface area (Å²) >= 11 is 0. The van der Waals surface area contributed by atoms with E-state index in [0.717, 1.165) is 12.0 Å². The minimum Gasteiger partial charge on any atom is -0.352 e. The second kappa shape index (κ2) is 5.55. The highest BCUT2D eigenvalue weighted by atomic mass is 16.2. The van der Waals surface area contributed by atoms with Gasteiger partial charge in [-0.3, -0.25) is 4.79 Å². The largest absolute Gasteiger partial charge is 0.352 e. The summed E-state index contributed by atoms with van der Waals surface area (Å²) in [6.07, 6.45) is 1.13. The van der Waals surface area contributed by atoms with Crippen molar-refractivity contribution >= 4 is 5.91 Å². The Morgan fingerprint density at radius 3 is 2.47 bits per heavy atom. The third-order valence-corrected chi connectivity index (χ3v) is 2.80. The maximum absolute atomic E-state index is 11.9. The molecule has 1 atom stereocenters. The summed E-state index contributed by atoms with van der Waals surface area (Å²) in [4.78, 5) is 11.9. The van der Waals surface area contributed by atoms with Gasteiger partial charge in [0.25, 0.3) is 0 Å². The number of amides is 1. The molecule has 0 radical (unpaired) electrons. The Labute approximate surface area is 92.2 Å². The molecule has 0 saturated heterocycles. The first-order valence-corrected chi connectivity index (χ1v) is 5.20. The predicted octanol–water partition coefficient (Wildman–Crippen LogP) is 2.40. The Kier molecular flexibility index (Phi) is 5.07. The lowest BCUT2D eigenvalue weighted by Gasteiger charge is -2.26. The zero-order valence-electron chi connectivity index (χ0n) is 10.1. The molecule has 0 spiro atoms. The van der Waals surface area contributed by atoms with E-state index >= 15 is 0 Å². The Morgan fingerprint density at radius 2 is 2.13 bits per heavy atom.